The van der Waals surface area contributed by atoms with Gasteiger partial charge in [0.25, 0.3) is 0 Å². The normalized spacial score (nSPS) is 11.3. The first-order valence-electron chi connectivity index (χ1n) is 9.29. The van der Waals surface area contributed by atoms with Gasteiger partial charge in [0, 0.05) is 5.41 Å². The first-order chi connectivity index (χ1) is 13.2. The largest absolute Gasteiger partial charge is 0.392 e. The molecule has 2 aromatic carbocycles. The first-order valence-corrected chi connectivity index (χ1v) is 9.29. The molecule has 0 saturated heterocycles. The monoisotopic (exact) mass is 366 g/mol. The fourth-order valence-electron chi connectivity index (χ4n) is 3.15. The number of hydrogen-bond acceptors (Lipinski definition) is 3. The number of allylic oxidation sites excluding steroid dienone is 1. The molecule has 0 bridgehead atoms. The van der Waals surface area contributed by atoms with E-state index in [0.717, 1.165) is 23.1 Å². The van der Waals surface area contributed by atoms with Crippen LogP contribution < -0.4 is 0 Å². The van der Waals surface area contributed by atoms with E-state index >= 15 is 0 Å². The predicted molar refractivity (Wildman–Crippen MR) is 110 cm³/mol. The van der Waals surface area contributed by atoms with Crippen molar-refractivity contribution in [3.63, 3.8) is 0 Å². The van der Waals surface area contributed by atoms with E-state index in [-0.39, 0.29) is 12.0 Å². The topological polar surface area (TPSA) is 38.7 Å². The maximum absolute atomic E-state index is 9.47. The molecule has 0 heterocycles. The zero-order chi connectivity index (χ0) is 19.4. The molecule has 144 valence electrons. The molecule has 2 aromatic rings. The van der Waals surface area contributed by atoms with E-state index in [1.165, 1.54) is 0 Å². The summed E-state index contributed by atoms with van der Waals surface area (Å²) < 4.78 is 12.1. The van der Waals surface area contributed by atoms with Gasteiger partial charge in [-0.1, -0.05) is 78.9 Å². The van der Waals surface area contributed by atoms with Crippen LogP contribution in [0.4, 0.5) is 0 Å². The number of ether oxygens (including phenoxy) is 2. The van der Waals surface area contributed by atoms with Gasteiger partial charge in [-0.05, 0) is 24.0 Å². The maximum atomic E-state index is 9.47. The van der Waals surface area contributed by atoms with Crippen molar-refractivity contribution in [3.8, 4) is 0 Å². The fraction of sp³-hybridized carbons (Fsp3) is 0.333. The van der Waals surface area contributed by atoms with Gasteiger partial charge in [0.05, 0.1) is 33.0 Å². The lowest BCUT2D eigenvalue weighted by atomic mass is 9.80. The van der Waals surface area contributed by atoms with Crippen LogP contribution >= 0.6 is 0 Å². The lowest BCUT2D eigenvalue weighted by Crippen LogP contribution is -2.33. The Hall–Kier alpha value is -2.20. The molecule has 0 aliphatic carbocycles. The average molecular weight is 367 g/mol. The lowest BCUT2D eigenvalue weighted by Gasteiger charge is -2.33. The molecule has 0 unspecified atom stereocenters. The van der Waals surface area contributed by atoms with Crippen LogP contribution in [-0.2, 0) is 22.7 Å². The molecule has 0 spiro atoms. The molecule has 0 fully saturated rings. The summed E-state index contributed by atoms with van der Waals surface area (Å²) in [6.45, 7) is 9.98. The van der Waals surface area contributed by atoms with Crippen molar-refractivity contribution < 1.29 is 14.6 Å². The van der Waals surface area contributed by atoms with Gasteiger partial charge in [-0.25, -0.2) is 0 Å². The van der Waals surface area contributed by atoms with Crippen LogP contribution in [0, 0.1) is 5.41 Å². The Labute approximate surface area is 163 Å². The molecule has 0 aliphatic heterocycles. The summed E-state index contributed by atoms with van der Waals surface area (Å²) in [5.74, 6) is 0. The van der Waals surface area contributed by atoms with Crippen LogP contribution in [0.3, 0.4) is 0 Å². The van der Waals surface area contributed by atoms with E-state index in [1.807, 2.05) is 66.7 Å². The predicted octanol–water partition coefficient (Wildman–Crippen LogP) is 4.92. The first kappa shape index (κ1) is 21.1. The van der Waals surface area contributed by atoms with Crippen LogP contribution in [0.15, 0.2) is 85.5 Å². The van der Waals surface area contributed by atoms with E-state index in [2.05, 4.69) is 13.2 Å². The van der Waals surface area contributed by atoms with Crippen molar-refractivity contribution in [1.29, 1.82) is 0 Å². The van der Waals surface area contributed by atoms with Gasteiger partial charge in [-0.15, -0.1) is 6.58 Å². The Kier molecular flexibility index (Phi) is 8.99. The second-order valence-electron chi connectivity index (χ2n) is 7.03. The third-order valence-electron chi connectivity index (χ3n) is 4.47. The molecule has 1 N–H and O–H groups in total. The minimum absolute atomic E-state index is 0.0315. The molecule has 3 nitrogen and oxygen atoms in total. The molecule has 0 aromatic heterocycles. The average Bonchev–Trinajstić information content (AvgIpc) is 2.70. The Morgan fingerprint density at radius 1 is 0.889 bits per heavy atom. The molecule has 0 atom stereocenters. The van der Waals surface area contributed by atoms with E-state index in [1.54, 1.807) is 0 Å². The Morgan fingerprint density at radius 3 is 1.78 bits per heavy atom. The van der Waals surface area contributed by atoms with Crippen LogP contribution in [0.25, 0.3) is 0 Å². The smallest absolute Gasteiger partial charge is 0.0717 e. The Balaban J connectivity index is 2.00. The molecule has 0 saturated carbocycles. The van der Waals surface area contributed by atoms with Crippen molar-refractivity contribution in [2.24, 2.45) is 5.41 Å². The van der Waals surface area contributed by atoms with Crippen molar-refractivity contribution in [2.45, 2.75) is 26.1 Å². The van der Waals surface area contributed by atoms with Crippen molar-refractivity contribution in [2.75, 3.05) is 19.8 Å². The van der Waals surface area contributed by atoms with Crippen LogP contribution in [0.2, 0.25) is 0 Å². The highest BCUT2D eigenvalue weighted by atomic mass is 16.5. The number of aliphatic hydroxyl groups is 1. The molecule has 0 amide bonds. The van der Waals surface area contributed by atoms with E-state index < -0.39 is 0 Å². The number of benzene rings is 2. The summed E-state index contributed by atoms with van der Waals surface area (Å²) >= 11 is 0. The molecule has 2 rings (SSSR count). The van der Waals surface area contributed by atoms with Crippen LogP contribution in [0.1, 0.15) is 24.0 Å². The number of aliphatic hydroxyl groups excluding tert-OH is 1. The van der Waals surface area contributed by atoms with Gasteiger partial charge < -0.3 is 14.6 Å². The Bertz CT molecular complexity index is 634. The molecular weight excluding hydrogens is 336 g/mol. The minimum atomic E-state index is -0.287. The van der Waals surface area contributed by atoms with Gasteiger partial charge in [0.2, 0.25) is 0 Å². The number of rotatable bonds is 13. The summed E-state index contributed by atoms with van der Waals surface area (Å²) in [6.07, 6.45) is 3.26. The maximum Gasteiger partial charge on any atom is 0.0717 e. The zero-order valence-corrected chi connectivity index (χ0v) is 16.0. The standard InChI is InChI=1S/C24H30O3/c1-3-14-24(15-21(2)16-25,19-26-17-22-10-6-4-7-11-22)20-27-18-23-12-8-5-9-13-23/h3-13,25H,1-2,14-20H2. The van der Waals surface area contributed by atoms with Crippen LogP contribution in [0.5, 0.6) is 0 Å². The van der Waals surface area contributed by atoms with Gasteiger partial charge in [-0.3, -0.25) is 0 Å². The second-order valence-corrected chi connectivity index (χ2v) is 7.03. The molecule has 0 aliphatic rings. The van der Waals surface area contributed by atoms with Crippen molar-refractivity contribution in [3.05, 3.63) is 96.6 Å². The number of hydrogen-bond donors (Lipinski definition) is 1. The van der Waals surface area contributed by atoms with E-state index in [9.17, 15) is 5.11 Å². The highest BCUT2D eigenvalue weighted by Crippen LogP contribution is 2.32. The summed E-state index contributed by atoms with van der Waals surface area (Å²) in [4.78, 5) is 0. The quantitative estimate of drug-likeness (QED) is 0.511. The molecule has 3 heteroatoms. The summed E-state index contributed by atoms with van der Waals surface area (Å²) in [5, 5.41) is 9.47. The second kappa shape index (κ2) is 11.5. The molecule has 0 radical (unpaired) electrons. The van der Waals surface area contributed by atoms with Gasteiger partial charge in [0.1, 0.15) is 0 Å². The highest BCUT2D eigenvalue weighted by molar-refractivity contribution is 5.14. The molecular formula is C24H30O3. The third-order valence-corrected chi connectivity index (χ3v) is 4.47. The lowest BCUT2D eigenvalue weighted by molar-refractivity contribution is -0.0325. The Morgan fingerprint density at radius 2 is 1.37 bits per heavy atom. The zero-order valence-electron chi connectivity index (χ0n) is 16.0. The third kappa shape index (κ3) is 7.51. The van der Waals surface area contributed by atoms with Crippen LogP contribution in [-0.4, -0.2) is 24.9 Å². The highest BCUT2D eigenvalue weighted by Gasteiger charge is 2.30. The summed E-state index contributed by atoms with van der Waals surface area (Å²) in [7, 11) is 0. The fourth-order valence-corrected chi connectivity index (χ4v) is 3.15. The SMILES string of the molecule is C=CCC(COCc1ccccc1)(COCc1ccccc1)CC(=C)CO. The van der Waals surface area contributed by atoms with E-state index in [4.69, 9.17) is 9.47 Å². The summed E-state index contributed by atoms with van der Waals surface area (Å²) in [6, 6.07) is 20.2. The minimum Gasteiger partial charge on any atom is -0.392 e. The van der Waals surface area contributed by atoms with Crippen molar-refractivity contribution >= 4 is 0 Å². The van der Waals surface area contributed by atoms with Gasteiger partial charge in [0.15, 0.2) is 0 Å². The van der Waals surface area contributed by atoms with Gasteiger partial charge >= 0.3 is 0 Å². The van der Waals surface area contributed by atoms with Crippen molar-refractivity contribution in [1.82, 2.24) is 0 Å². The van der Waals surface area contributed by atoms with E-state index in [0.29, 0.717) is 32.8 Å². The summed E-state index contributed by atoms with van der Waals surface area (Å²) in [5.41, 5.74) is 2.77. The molecule has 27 heavy (non-hydrogen) atoms. The van der Waals surface area contributed by atoms with Gasteiger partial charge in [-0.2, -0.15) is 0 Å².